The van der Waals surface area contributed by atoms with Crippen LogP contribution in [0.1, 0.15) is 29.8 Å². The van der Waals surface area contributed by atoms with Gasteiger partial charge in [-0.05, 0) is 68.8 Å². The van der Waals surface area contributed by atoms with E-state index in [0.29, 0.717) is 29.4 Å². The summed E-state index contributed by atoms with van der Waals surface area (Å²) in [5.74, 6) is 0.609. The lowest BCUT2D eigenvalue weighted by molar-refractivity contribution is -0.122. The summed E-state index contributed by atoms with van der Waals surface area (Å²) in [6.07, 6.45) is -0.697. The molecule has 1 atom stereocenters. The topological polar surface area (TPSA) is 76.7 Å². The molecule has 0 aliphatic heterocycles. The molecular formula is C25H26N2O4. The van der Waals surface area contributed by atoms with Crippen LogP contribution >= 0.6 is 0 Å². The summed E-state index contributed by atoms with van der Waals surface area (Å²) in [7, 11) is 0. The minimum Gasteiger partial charge on any atom is -0.492 e. The molecule has 0 fully saturated rings. The number of benzene rings is 3. The highest BCUT2D eigenvalue weighted by atomic mass is 16.5. The summed E-state index contributed by atoms with van der Waals surface area (Å²) < 4.78 is 11.3. The number of carbonyl (C=O) groups excluding carboxylic acids is 2. The number of nitrogens with one attached hydrogen (secondary N) is 2. The number of hydrogen-bond donors (Lipinski definition) is 2. The van der Waals surface area contributed by atoms with Crippen molar-refractivity contribution < 1.29 is 19.1 Å². The third-order valence-corrected chi connectivity index (χ3v) is 4.64. The van der Waals surface area contributed by atoms with Gasteiger partial charge in [0.25, 0.3) is 11.8 Å². The molecule has 6 heteroatoms. The van der Waals surface area contributed by atoms with Crippen LogP contribution in [0.2, 0.25) is 0 Å². The maximum atomic E-state index is 12.6. The fourth-order valence-electron chi connectivity index (χ4n) is 2.94. The number of rotatable bonds is 8. The highest BCUT2D eigenvalue weighted by Gasteiger charge is 2.16. The van der Waals surface area contributed by atoms with Crippen molar-refractivity contribution in [3.8, 4) is 11.5 Å². The molecule has 0 aliphatic rings. The van der Waals surface area contributed by atoms with E-state index in [1.165, 1.54) is 0 Å². The number of para-hydroxylation sites is 3. The number of hydrogen-bond acceptors (Lipinski definition) is 4. The van der Waals surface area contributed by atoms with Gasteiger partial charge in [0.1, 0.15) is 11.5 Å². The van der Waals surface area contributed by atoms with Crippen LogP contribution in [0.3, 0.4) is 0 Å². The van der Waals surface area contributed by atoms with Crippen molar-refractivity contribution >= 4 is 23.2 Å². The molecule has 3 rings (SSSR count). The first kappa shape index (κ1) is 21.9. The van der Waals surface area contributed by atoms with E-state index >= 15 is 0 Å². The largest absolute Gasteiger partial charge is 0.492 e. The first-order valence-electron chi connectivity index (χ1n) is 10.1. The lowest BCUT2D eigenvalue weighted by Gasteiger charge is -2.16. The van der Waals surface area contributed by atoms with E-state index < -0.39 is 6.10 Å². The molecule has 3 aromatic carbocycles. The highest BCUT2D eigenvalue weighted by Crippen LogP contribution is 2.24. The van der Waals surface area contributed by atoms with Gasteiger partial charge in [0.15, 0.2) is 6.10 Å². The number of ether oxygens (including phenoxy) is 2. The Morgan fingerprint density at radius 2 is 1.52 bits per heavy atom. The van der Waals surface area contributed by atoms with E-state index in [4.69, 9.17) is 9.47 Å². The van der Waals surface area contributed by atoms with E-state index in [2.05, 4.69) is 10.6 Å². The summed E-state index contributed by atoms with van der Waals surface area (Å²) in [6, 6.07) is 21.5. The third-order valence-electron chi connectivity index (χ3n) is 4.64. The van der Waals surface area contributed by atoms with Crippen molar-refractivity contribution in [2.24, 2.45) is 0 Å². The predicted molar refractivity (Wildman–Crippen MR) is 122 cm³/mol. The van der Waals surface area contributed by atoms with E-state index in [1.54, 1.807) is 43.3 Å². The number of amides is 2. The van der Waals surface area contributed by atoms with Crippen LogP contribution in [-0.2, 0) is 4.79 Å². The Balaban J connectivity index is 1.60. The molecule has 0 aromatic heterocycles. The maximum absolute atomic E-state index is 12.6. The highest BCUT2D eigenvalue weighted by molar-refractivity contribution is 6.05. The predicted octanol–water partition coefficient (Wildman–Crippen LogP) is 5.05. The molecule has 0 bridgehead atoms. The molecule has 0 unspecified atom stereocenters. The van der Waals surface area contributed by atoms with E-state index in [0.717, 1.165) is 11.3 Å². The quantitative estimate of drug-likeness (QED) is 0.537. The summed E-state index contributed by atoms with van der Waals surface area (Å²) in [5, 5.41) is 5.72. The van der Waals surface area contributed by atoms with Gasteiger partial charge in [-0.15, -0.1) is 0 Å². The molecule has 160 valence electrons. The SMILES string of the molecule is CCOc1ccccc1NC(=O)c1ccc(O[C@H](C)C(=O)Nc2ccccc2C)cc1. The molecule has 0 radical (unpaired) electrons. The van der Waals surface area contributed by atoms with Crippen LogP contribution in [0.15, 0.2) is 72.8 Å². The van der Waals surface area contributed by atoms with Crippen LogP contribution in [0, 0.1) is 6.92 Å². The zero-order valence-electron chi connectivity index (χ0n) is 17.8. The molecular weight excluding hydrogens is 392 g/mol. The van der Waals surface area contributed by atoms with Crippen molar-refractivity contribution in [2.75, 3.05) is 17.2 Å². The smallest absolute Gasteiger partial charge is 0.265 e. The van der Waals surface area contributed by atoms with Gasteiger partial charge in [0, 0.05) is 11.3 Å². The third kappa shape index (κ3) is 5.85. The van der Waals surface area contributed by atoms with Crippen molar-refractivity contribution in [1.82, 2.24) is 0 Å². The zero-order chi connectivity index (χ0) is 22.2. The molecule has 0 saturated carbocycles. The molecule has 0 heterocycles. The number of carbonyl (C=O) groups is 2. The van der Waals surface area contributed by atoms with Gasteiger partial charge in [-0.25, -0.2) is 0 Å². The lowest BCUT2D eigenvalue weighted by atomic mass is 10.2. The Morgan fingerprint density at radius 3 is 2.19 bits per heavy atom. The average molecular weight is 418 g/mol. The van der Waals surface area contributed by atoms with Crippen LogP contribution in [0.5, 0.6) is 11.5 Å². The van der Waals surface area contributed by atoms with E-state index in [9.17, 15) is 9.59 Å². The van der Waals surface area contributed by atoms with Crippen molar-refractivity contribution in [1.29, 1.82) is 0 Å². The van der Waals surface area contributed by atoms with Crippen LogP contribution in [0.4, 0.5) is 11.4 Å². The molecule has 3 aromatic rings. The Morgan fingerprint density at radius 1 is 0.871 bits per heavy atom. The zero-order valence-corrected chi connectivity index (χ0v) is 17.8. The summed E-state index contributed by atoms with van der Waals surface area (Å²) >= 11 is 0. The molecule has 6 nitrogen and oxygen atoms in total. The summed E-state index contributed by atoms with van der Waals surface area (Å²) in [4.78, 5) is 25.0. The Kier molecular flexibility index (Phi) is 7.27. The second kappa shape index (κ2) is 10.3. The molecule has 31 heavy (non-hydrogen) atoms. The van der Waals surface area contributed by atoms with Gasteiger partial charge in [-0.2, -0.15) is 0 Å². The van der Waals surface area contributed by atoms with Gasteiger partial charge >= 0.3 is 0 Å². The Bertz CT molecular complexity index is 1050. The van der Waals surface area contributed by atoms with E-state index in [-0.39, 0.29) is 11.8 Å². The van der Waals surface area contributed by atoms with E-state index in [1.807, 2.05) is 50.2 Å². The number of anilines is 2. The first-order chi connectivity index (χ1) is 15.0. The fraction of sp³-hybridized carbons (Fsp3) is 0.200. The lowest BCUT2D eigenvalue weighted by Crippen LogP contribution is -2.30. The Labute approximate surface area is 182 Å². The first-order valence-corrected chi connectivity index (χ1v) is 10.1. The molecule has 0 saturated heterocycles. The van der Waals surface area contributed by atoms with Crippen molar-refractivity contribution in [3.05, 3.63) is 83.9 Å². The average Bonchev–Trinajstić information content (AvgIpc) is 2.77. The number of aryl methyl sites for hydroxylation is 1. The molecule has 0 aliphatic carbocycles. The van der Waals surface area contributed by atoms with Gasteiger partial charge in [-0.3, -0.25) is 9.59 Å². The van der Waals surface area contributed by atoms with Crippen molar-refractivity contribution in [2.45, 2.75) is 26.9 Å². The maximum Gasteiger partial charge on any atom is 0.265 e. The second-order valence-corrected chi connectivity index (χ2v) is 6.97. The van der Waals surface area contributed by atoms with Crippen LogP contribution < -0.4 is 20.1 Å². The minimum absolute atomic E-state index is 0.247. The Hall–Kier alpha value is -3.80. The summed E-state index contributed by atoms with van der Waals surface area (Å²) in [6.45, 7) is 6.00. The standard InChI is InChI=1S/C25H26N2O4/c1-4-30-23-12-8-7-11-22(23)27-25(29)19-13-15-20(16-14-19)31-18(3)24(28)26-21-10-6-5-9-17(21)2/h5-16,18H,4H2,1-3H3,(H,26,28)(H,27,29)/t18-/m1/s1. The van der Waals surface area contributed by atoms with Gasteiger partial charge in [-0.1, -0.05) is 30.3 Å². The normalized spacial score (nSPS) is 11.3. The fourth-order valence-corrected chi connectivity index (χ4v) is 2.94. The van der Waals surface area contributed by atoms with Crippen molar-refractivity contribution in [3.63, 3.8) is 0 Å². The monoisotopic (exact) mass is 418 g/mol. The minimum atomic E-state index is -0.697. The van der Waals surface area contributed by atoms with Gasteiger partial charge in [0.05, 0.1) is 12.3 Å². The second-order valence-electron chi connectivity index (χ2n) is 6.97. The van der Waals surface area contributed by atoms with Gasteiger partial charge in [0.2, 0.25) is 0 Å². The summed E-state index contributed by atoms with van der Waals surface area (Å²) in [5.41, 5.74) is 2.80. The molecule has 0 spiro atoms. The van der Waals surface area contributed by atoms with Gasteiger partial charge < -0.3 is 20.1 Å². The molecule has 2 amide bonds. The van der Waals surface area contributed by atoms with Crippen LogP contribution in [-0.4, -0.2) is 24.5 Å². The van der Waals surface area contributed by atoms with Crippen LogP contribution in [0.25, 0.3) is 0 Å². The molecule has 2 N–H and O–H groups in total.